The number of nitrogens with zero attached hydrogens (tertiary/aromatic N) is 1. The van der Waals surface area contributed by atoms with Crippen molar-refractivity contribution >= 4 is 34.0 Å². The minimum atomic E-state index is -0.606. The SMILES string of the molecule is Cc1cccc(NC(=O)[C@H](C)N2C(=O)c3cccc4cccc2c34)c1. The van der Waals surface area contributed by atoms with Crippen molar-refractivity contribution in [1.29, 1.82) is 0 Å². The Bertz CT molecular complexity index is 1000. The lowest BCUT2D eigenvalue weighted by atomic mass is 10.1. The highest BCUT2D eigenvalue weighted by atomic mass is 16.2. The van der Waals surface area contributed by atoms with Crippen LogP contribution in [0.3, 0.4) is 0 Å². The fourth-order valence-electron chi connectivity index (χ4n) is 3.41. The molecule has 0 saturated carbocycles. The van der Waals surface area contributed by atoms with E-state index in [1.165, 1.54) is 0 Å². The summed E-state index contributed by atoms with van der Waals surface area (Å²) in [5, 5.41) is 4.84. The van der Waals surface area contributed by atoms with Gasteiger partial charge in [0.15, 0.2) is 0 Å². The maximum atomic E-state index is 12.9. The maximum absolute atomic E-state index is 12.9. The molecule has 1 atom stereocenters. The number of hydrogen-bond donors (Lipinski definition) is 1. The highest BCUT2D eigenvalue weighted by Gasteiger charge is 2.35. The van der Waals surface area contributed by atoms with Crippen LogP contribution in [-0.2, 0) is 4.79 Å². The molecule has 4 rings (SSSR count). The minimum absolute atomic E-state index is 0.126. The summed E-state index contributed by atoms with van der Waals surface area (Å²) in [4.78, 5) is 27.2. The van der Waals surface area contributed by atoms with E-state index in [9.17, 15) is 9.59 Å². The smallest absolute Gasteiger partial charge is 0.259 e. The molecule has 4 nitrogen and oxygen atoms in total. The molecule has 0 radical (unpaired) electrons. The summed E-state index contributed by atoms with van der Waals surface area (Å²) < 4.78 is 0. The number of rotatable bonds is 3. The van der Waals surface area contributed by atoms with Crippen LogP contribution in [0.4, 0.5) is 11.4 Å². The van der Waals surface area contributed by atoms with Crippen molar-refractivity contribution in [3.05, 3.63) is 71.8 Å². The number of amides is 2. The van der Waals surface area contributed by atoms with Crippen LogP contribution in [-0.4, -0.2) is 17.9 Å². The molecule has 0 aromatic heterocycles. The van der Waals surface area contributed by atoms with Crippen LogP contribution in [0, 0.1) is 6.92 Å². The van der Waals surface area contributed by atoms with Crippen molar-refractivity contribution in [2.24, 2.45) is 0 Å². The normalized spacial score (nSPS) is 14.0. The van der Waals surface area contributed by atoms with Crippen LogP contribution in [0.1, 0.15) is 22.8 Å². The average Bonchev–Trinajstić information content (AvgIpc) is 2.89. The van der Waals surface area contributed by atoms with Gasteiger partial charge in [-0.3, -0.25) is 14.5 Å². The minimum Gasteiger partial charge on any atom is -0.324 e. The third kappa shape index (κ3) is 2.47. The van der Waals surface area contributed by atoms with Crippen molar-refractivity contribution in [2.45, 2.75) is 19.9 Å². The molecule has 1 aliphatic heterocycles. The Balaban J connectivity index is 1.67. The van der Waals surface area contributed by atoms with E-state index in [1.54, 1.807) is 11.8 Å². The van der Waals surface area contributed by atoms with Crippen LogP contribution in [0.5, 0.6) is 0 Å². The quantitative estimate of drug-likeness (QED) is 0.785. The van der Waals surface area contributed by atoms with Crippen LogP contribution >= 0.6 is 0 Å². The van der Waals surface area contributed by atoms with E-state index >= 15 is 0 Å². The molecule has 2 amide bonds. The number of aryl methyl sites for hydroxylation is 1. The average molecular weight is 330 g/mol. The summed E-state index contributed by atoms with van der Waals surface area (Å²) in [6.07, 6.45) is 0. The van der Waals surface area contributed by atoms with E-state index in [1.807, 2.05) is 67.6 Å². The van der Waals surface area contributed by atoms with Gasteiger partial charge in [0.1, 0.15) is 6.04 Å². The fraction of sp³-hybridized carbons (Fsp3) is 0.143. The fourth-order valence-corrected chi connectivity index (χ4v) is 3.41. The molecule has 1 N–H and O–H groups in total. The second-order valence-corrected chi connectivity index (χ2v) is 6.39. The van der Waals surface area contributed by atoms with Crippen molar-refractivity contribution in [1.82, 2.24) is 0 Å². The molecule has 0 aliphatic carbocycles. The number of carbonyl (C=O) groups is 2. The summed E-state index contributed by atoms with van der Waals surface area (Å²) in [7, 11) is 0. The molecule has 0 saturated heterocycles. The van der Waals surface area contributed by atoms with Crippen LogP contribution in [0.25, 0.3) is 10.8 Å². The summed E-state index contributed by atoms with van der Waals surface area (Å²) in [5.74, 6) is -0.331. The third-order valence-corrected chi connectivity index (χ3v) is 4.64. The molecule has 4 heteroatoms. The van der Waals surface area contributed by atoms with Gasteiger partial charge in [-0.15, -0.1) is 0 Å². The Morgan fingerprint density at radius 1 is 1.04 bits per heavy atom. The van der Waals surface area contributed by atoms with Gasteiger partial charge in [0.05, 0.1) is 5.69 Å². The lowest BCUT2D eigenvalue weighted by Crippen LogP contribution is -2.44. The van der Waals surface area contributed by atoms with E-state index < -0.39 is 6.04 Å². The molecule has 0 spiro atoms. The van der Waals surface area contributed by atoms with Gasteiger partial charge in [-0.1, -0.05) is 36.4 Å². The first kappa shape index (κ1) is 15.4. The van der Waals surface area contributed by atoms with E-state index in [0.717, 1.165) is 27.7 Å². The molecule has 0 fully saturated rings. The standard InChI is InChI=1S/C21H18N2O2/c1-13-6-3-9-16(12-13)22-20(24)14(2)23-18-11-5-8-15-7-4-10-17(19(15)18)21(23)25/h3-12,14H,1-2H3,(H,22,24)/t14-/m0/s1. The number of carbonyl (C=O) groups excluding carboxylic acids is 2. The van der Waals surface area contributed by atoms with Gasteiger partial charge < -0.3 is 5.32 Å². The lowest BCUT2D eigenvalue weighted by Gasteiger charge is -2.24. The Morgan fingerprint density at radius 2 is 1.76 bits per heavy atom. The Morgan fingerprint density at radius 3 is 2.52 bits per heavy atom. The first-order valence-corrected chi connectivity index (χ1v) is 8.29. The van der Waals surface area contributed by atoms with E-state index in [4.69, 9.17) is 0 Å². The molecule has 3 aromatic rings. The predicted octanol–water partition coefficient (Wildman–Crippen LogP) is 4.14. The van der Waals surface area contributed by atoms with E-state index in [-0.39, 0.29) is 11.8 Å². The van der Waals surface area contributed by atoms with Crippen LogP contribution < -0.4 is 10.2 Å². The second kappa shape index (κ2) is 5.74. The summed E-state index contributed by atoms with van der Waals surface area (Å²) in [6.45, 7) is 3.73. The Hall–Kier alpha value is -3.14. The molecule has 0 unspecified atom stereocenters. The Kier molecular flexibility index (Phi) is 3.53. The summed E-state index contributed by atoms with van der Waals surface area (Å²) in [5.41, 5.74) is 3.26. The van der Waals surface area contributed by atoms with E-state index in [2.05, 4.69) is 5.32 Å². The maximum Gasteiger partial charge on any atom is 0.259 e. The molecule has 25 heavy (non-hydrogen) atoms. The predicted molar refractivity (Wildman–Crippen MR) is 100 cm³/mol. The van der Waals surface area contributed by atoms with Gasteiger partial charge in [-0.05, 0) is 49.1 Å². The molecular weight excluding hydrogens is 312 g/mol. The van der Waals surface area contributed by atoms with Crippen molar-refractivity contribution in [3.63, 3.8) is 0 Å². The largest absolute Gasteiger partial charge is 0.324 e. The lowest BCUT2D eigenvalue weighted by molar-refractivity contribution is -0.117. The third-order valence-electron chi connectivity index (χ3n) is 4.64. The van der Waals surface area contributed by atoms with Gasteiger partial charge in [0.25, 0.3) is 5.91 Å². The Labute approximate surface area is 146 Å². The zero-order chi connectivity index (χ0) is 17.6. The summed E-state index contributed by atoms with van der Waals surface area (Å²) in [6, 6.07) is 18.5. The summed E-state index contributed by atoms with van der Waals surface area (Å²) >= 11 is 0. The van der Waals surface area contributed by atoms with E-state index in [0.29, 0.717) is 5.56 Å². The van der Waals surface area contributed by atoms with Gasteiger partial charge in [-0.2, -0.15) is 0 Å². The molecule has 3 aromatic carbocycles. The molecule has 0 bridgehead atoms. The van der Waals surface area contributed by atoms with Crippen molar-refractivity contribution in [2.75, 3.05) is 10.2 Å². The number of nitrogens with one attached hydrogen (secondary N) is 1. The first-order valence-electron chi connectivity index (χ1n) is 8.29. The first-order chi connectivity index (χ1) is 12.1. The molecule has 124 valence electrons. The molecule has 1 heterocycles. The number of hydrogen-bond acceptors (Lipinski definition) is 2. The topological polar surface area (TPSA) is 49.4 Å². The zero-order valence-corrected chi connectivity index (χ0v) is 14.1. The van der Waals surface area contributed by atoms with Gasteiger partial charge in [0.2, 0.25) is 5.91 Å². The zero-order valence-electron chi connectivity index (χ0n) is 14.1. The van der Waals surface area contributed by atoms with Gasteiger partial charge in [-0.25, -0.2) is 0 Å². The van der Waals surface area contributed by atoms with Crippen LogP contribution in [0.2, 0.25) is 0 Å². The highest BCUT2D eigenvalue weighted by molar-refractivity contribution is 6.26. The van der Waals surface area contributed by atoms with Gasteiger partial charge in [0, 0.05) is 16.6 Å². The second-order valence-electron chi connectivity index (χ2n) is 6.39. The monoisotopic (exact) mass is 330 g/mol. The van der Waals surface area contributed by atoms with Crippen molar-refractivity contribution in [3.8, 4) is 0 Å². The number of benzene rings is 3. The van der Waals surface area contributed by atoms with Crippen LogP contribution in [0.15, 0.2) is 60.7 Å². The van der Waals surface area contributed by atoms with Gasteiger partial charge >= 0.3 is 0 Å². The highest BCUT2D eigenvalue weighted by Crippen LogP contribution is 2.38. The molecule has 1 aliphatic rings. The molecular formula is C21H18N2O2. The van der Waals surface area contributed by atoms with Crippen molar-refractivity contribution < 1.29 is 9.59 Å². The number of anilines is 2.